The van der Waals surface area contributed by atoms with E-state index in [9.17, 15) is 4.79 Å². The third kappa shape index (κ3) is 9.95. The predicted molar refractivity (Wildman–Crippen MR) is 125 cm³/mol. The zero-order valence-electron chi connectivity index (χ0n) is 19.4. The lowest BCUT2D eigenvalue weighted by atomic mass is 10.0. The summed E-state index contributed by atoms with van der Waals surface area (Å²) in [5.41, 5.74) is 0.900. The lowest BCUT2D eigenvalue weighted by Gasteiger charge is -2.08. The Morgan fingerprint density at radius 3 is 2.29 bits per heavy atom. The van der Waals surface area contributed by atoms with Gasteiger partial charge in [-0.05, 0) is 43.0 Å². The minimum Gasteiger partial charge on any atom is -0.494 e. The first-order valence-corrected chi connectivity index (χ1v) is 11.9. The van der Waals surface area contributed by atoms with Crippen molar-refractivity contribution in [2.45, 2.75) is 85.0 Å². The van der Waals surface area contributed by atoms with Gasteiger partial charge in [0.2, 0.25) is 0 Å². The SMILES string of the molecule is CCCCCCOc1ccc(-c2ncc(OC(=O)CCCCCC(C)CC)cn2)cc1. The first-order chi connectivity index (χ1) is 15.1. The van der Waals surface area contributed by atoms with Crippen molar-refractivity contribution in [2.24, 2.45) is 5.92 Å². The van der Waals surface area contributed by atoms with E-state index in [1.54, 1.807) is 12.4 Å². The summed E-state index contributed by atoms with van der Waals surface area (Å²) in [7, 11) is 0. The molecule has 2 aromatic rings. The fraction of sp³-hybridized carbons (Fsp3) is 0.577. The third-order valence-corrected chi connectivity index (χ3v) is 5.51. The topological polar surface area (TPSA) is 61.3 Å². The second-order valence-electron chi connectivity index (χ2n) is 8.26. The van der Waals surface area contributed by atoms with Gasteiger partial charge in [-0.15, -0.1) is 0 Å². The zero-order chi connectivity index (χ0) is 22.3. The Morgan fingerprint density at radius 1 is 0.903 bits per heavy atom. The molecule has 0 amide bonds. The number of hydrogen-bond acceptors (Lipinski definition) is 5. The summed E-state index contributed by atoms with van der Waals surface area (Å²) in [5, 5.41) is 0. The number of carbonyl (C=O) groups excluding carboxylic acids is 1. The number of esters is 1. The van der Waals surface area contributed by atoms with Gasteiger partial charge >= 0.3 is 5.97 Å². The number of nitrogens with zero attached hydrogens (tertiary/aromatic N) is 2. The Labute approximate surface area is 187 Å². The van der Waals surface area contributed by atoms with Crippen LogP contribution in [0.3, 0.4) is 0 Å². The second kappa shape index (κ2) is 14.6. The standard InChI is InChI=1S/C26H38N2O3/c1-4-6-7-11-18-30-23-16-14-22(15-17-23)26-27-19-24(20-28-26)31-25(29)13-10-8-9-12-21(3)5-2/h14-17,19-21H,4-13,18H2,1-3H3. The molecular formula is C26H38N2O3. The van der Waals surface area contributed by atoms with Crippen molar-refractivity contribution < 1.29 is 14.3 Å². The van der Waals surface area contributed by atoms with Crippen LogP contribution in [-0.4, -0.2) is 22.5 Å². The summed E-state index contributed by atoms with van der Waals surface area (Å²) < 4.78 is 11.1. The Kier molecular flexibility index (Phi) is 11.7. The number of rotatable bonds is 15. The second-order valence-corrected chi connectivity index (χ2v) is 8.26. The molecule has 2 rings (SSSR count). The van der Waals surface area contributed by atoms with Gasteiger partial charge in [-0.25, -0.2) is 9.97 Å². The Hall–Kier alpha value is -2.43. The van der Waals surface area contributed by atoms with Gasteiger partial charge in [0.05, 0.1) is 19.0 Å². The minimum absolute atomic E-state index is 0.222. The van der Waals surface area contributed by atoms with E-state index in [1.807, 2.05) is 24.3 Å². The smallest absolute Gasteiger partial charge is 0.311 e. The fourth-order valence-corrected chi connectivity index (χ4v) is 3.26. The lowest BCUT2D eigenvalue weighted by Crippen LogP contribution is -2.08. The van der Waals surface area contributed by atoms with Gasteiger partial charge in [0.15, 0.2) is 11.6 Å². The van der Waals surface area contributed by atoms with Crippen LogP contribution in [0.2, 0.25) is 0 Å². The predicted octanol–water partition coefficient (Wildman–Crippen LogP) is 7.00. The summed E-state index contributed by atoms with van der Waals surface area (Å²) in [6.07, 6.45) is 13.9. The van der Waals surface area contributed by atoms with Gasteiger partial charge in [0, 0.05) is 12.0 Å². The van der Waals surface area contributed by atoms with E-state index in [0.717, 1.165) is 43.1 Å². The van der Waals surface area contributed by atoms with Gasteiger partial charge in [0.25, 0.3) is 0 Å². The van der Waals surface area contributed by atoms with Crippen molar-refractivity contribution in [1.82, 2.24) is 9.97 Å². The number of hydrogen-bond donors (Lipinski definition) is 0. The third-order valence-electron chi connectivity index (χ3n) is 5.51. The van der Waals surface area contributed by atoms with Gasteiger partial charge < -0.3 is 9.47 Å². The van der Waals surface area contributed by atoms with Crippen LogP contribution >= 0.6 is 0 Å². The fourth-order valence-electron chi connectivity index (χ4n) is 3.26. The van der Waals surface area contributed by atoms with Crippen LogP contribution in [0.15, 0.2) is 36.7 Å². The van der Waals surface area contributed by atoms with E-state index in [1.165, 1.54) is 38.5 Å². The summed E-state index contributed by atoms with van der Waals surface area (Å²) in [6, 6.07) is 7.77. The number of carbonyl (C=O) groups is 1. The van der Waals surface area contributed by atoms with E-state index >= 15 is 0 Å². The van der Waals surface area contributed by atoms with E-state index in [4.69, 9.17) is 9.47 Å². The largest absolute Gasteiger partial charge is 0.494 e. The van der Waals surface area contributed by atoms with Gasteiger partial charge in [-0.1, -0.05) is 65.7 Å². The Bertz CT molecular complexity index is 744. The zero-order valence-corrected chi connectivity index (χ0v) is 19.4. The highest BCUT2D eigenvalue weighted by atomic mass is 16.5. The Balaban J connectivity index is 1.72. The van der Waals surface area contributed by atoms with E-state index < -0.39 is 0 Å². The maximum Gasteiger partial charge on any atom is 0.311 e. The van der Waals surface area contributed by atoms with Crippen LogP contribution in [-0.2, 0) is 4.79 Å². The van der Waals surface area contributed by atoms with E-state index in [2.05, 4.69) is 30.7 Å². The molecule has 5 nitrogen and oxygen atoms in total. The highest BCUT2D eigenvalue weighted by Crippen LogP contribution is 2.21. The molecule has 31 heavy (non-hydrogen) atoms. The normalized spacial score (nSPS) is 11.8. The van der Waals surface area contributed by atoms with Crippen LogP contribution in [0.1, 0.15) is 85.0 Å². The quantitative estimate of drug-likeness (QED) is 0.226. The summed E-state index contributed by atoms with van der Waals surface area (Å²) >= 11 is 0. The molecule has 0 spiro atoms. The summed E-state index contributed by atoms with van der Waals surface area (Å²) in [6.45, 7) is 7.44. The molecule has 0 fully saturated rings. The number of aromatic nitrogens is 2. The molecule has 0 saturated carbocycles. The molecule has 0 saturated heterocycles. The molecule has 0 aliphatic carbocycles. The summed E-state index contributed by atoms with van der Waals surface area (Å²) in [5.74, 6) is 2.39. The van der Waals surface area contributed by atoms with Crippen LogP contribution < -0.4 is 9.47 Å². The first kappa shape index (κ1) is 24.8. The number of ether oxygens (including phenoxy) is 2. The van der Waals surface area contributed by atoms with Crippen molar-refractivity contribution >= 4 is 5.97 Å². The molecule has 0 bridgehead atoms. The highest BCUT2D eigenvalue weighted by molar-refractivity contribution is 5.72. The molecule has 1 atom stereocenters. The molecule has 1 heterocycles. The van der Waals surface area contributed by atoms with Crippen LogP contribution in [0, 0.1) is 5.92 Å². The number of unbranched alkanes of at least 4 members (excludes halogenated alkanes) is 5. The molecule has 1 aromatic carbocycles. The molecule has 1 aromatic heterocycles. The highest BCUT2D eigenvalue weighted by Gasteiger charge is 2.08. The monoisotopic (exact) mass is 426 g/mol. The Morgan fingerprint density at radius 2 is 1.61 bits per heavy atom. The van der Waals surface area contributed by atoms with Crippen LogP contribution in [0.5, 0.6) is 11.5 Å². The molecular weight excluding hydrogens is 388 g/mol. The van der Waals surface area contributed by atoms with E-state index in [-0.39, 0.29) is 5.97 Å². The molecule has 0 radical (unpaired) electrons. The molecule has 0 N–H and O–H groups in total. The van der Waals surface area contributed by atoms with Gasteiger partial charge in [0.1, 0.15) is 5.75 Å². The van der Waals surface area contributed by atoms with Crippen LogP contribution in [0.4, 0.5) is 0 Å². The first-order valence-electron chi connectivity index (χ1n) is 11.9. The van der Waals surface area contributed by atoms with Gasteiger partial charge in [-0.3, -0.25) is 4.79 Å². The molecule has 1 unspecified atom stereocenters. The average Bonchev–Trinajstić information content (AvgIpc) is 2.79. The molecule has 0 aliphatic rings. The van der Waals surface area contributed by atoms with Crippen LogP contribution in [0.25, 0.3) is 11.4 Å². The number of benzene rings is 1. The maximum absolute atomic E-state index is 12.0. The van der Waals surface area contributed by atoms with Crippen molar-refractivity contribution in [2.75, 3.05) is 6.61 Å². The van der Waals surface area contributed by atoms with Gasteiger partial charge in [-0.2, -0.15) is 0 Å². The molecule has 170 valence electrons. The molecule has 5 heteroatoms. The van der Waals surface area contributed by atoms with E-state index in [0.29, 0.717) is 18.0 Å². The molecule has 0 aliphatic heterocycles. The average molecular weight is 427 g/mol. The lowest BCUT2D eigenvalue weighted by molar-refractivity contribution is -0.134. The minimum atomic E-state index is -0.222. The van der Waals surface area contributed by atoms with Crippen molar-refractivity contribution in [1.29, 1.82) is 0 Å². The van der Waals surface area contributed by atoms with Crippen molar-refractivity contribution in [3.8, 4) is 22.9 Å². The maximum atomic E-state index is 12.0. The summed E-state index contributed by atoms with van der Waals surface area (Å²) in [4.78, 5) is 20.7. The van der Waals surface area contributed by atoms with Crippen molar-refractivity contribution in [3.05, 3.63) is 36.7 Å². The van der Waals surface area contributed by atoms with Crippen molar-refractivity contribution in [3.63, 3.8) is 0 Å².